The van der Waals surface area contributed by atoms with Crippen LogP contribution in [0.4, 0.5) is 0 Å². The van der Waals surface area contributed by atoms with Crippen molar-refractivity contribution >= 4 is 0 Å². The van der Waals surface area contributed by atoms with Gasteiger partial charge >= 0.3 is 0 Å². The molecule has 0 aliphatic carbocycles. The van der Waals surface area contributed by atoms with Crippen LogP contribution >= 0.6 is 0 Å². The number of nitrogens with one attached hydrogen (secondary N) is 1. The number of piperazine rings is 1. The van der Waals surface area contributed by atoms with E-state index < -0.39 is 0 Å². The molecule has 0 bridgehead atoms. The first-order chi connectivity index (χ1) is 10.4. The maximum absolute atomic E-state index is 4.37. The smallest absolute Gasteiger partial charge is 0.0601 e. The second-order valence-corrected chi connectivity index (χ2v) is 7.40. The Labute approximate surface area is 133 Å². The van der Waals surface area contributed by atoms with Crippen LogP contribution in [0.15, 0.2) is 48.8 Å². The molecular formula is C18H26N4. The van der Waals surface area contributed by atoms with E-state index >= 15 is 0 Å². The molecule has 1 aliphatic heterocycles. The monoisotopic (exact) mass is 298 g/mol. The molecule has 3 rings (SSSR count). The first-order valence-electron chi connectivity index (χ1n) is 7.97. The van der Waals surface area contributed by atoms with Crippen molar-refractivity contribution in [2.75, 3.05) is 13.1 Å². The van der Waals surface area contributed by atoms with Crippen LogP contribution in [-0.2, 0) is 13.1 Å². The zero-order valence-corrected chi connectivity index (χ0v) is 13.8. The minimum absolute atomic E-state index is 0.0164. The number of hydrogen-bond donors (Lipinski definition) is 1. The number of rotatable bonds is 4. The van der Waals surface area contributed by atoms with Crippen LogP contribution in [0.2, 0.25) is 0 Å². The lowest BCUT2D eigenvalue weighted by Gasteiger charge is -2.49. The second-order valence-electron chi connectivity index (χ2n) is 7.40. The SMILES string of the molecule is CC1(C)CN(Cc2ccccc2)C[C@](C)(Cn2cccn2)N1. The highest BCUT2D eigenvalue weighted by atomic mass is 15.3. The largest absolute Gasteiger partial charge is 0.302 e. The summed E-state index contributed by atoms with van der Waals surface area (Å²) in [6.07, 6.45) is 3.88. The van der Waals surface area contributed by atoms with Gasteiger partial charge in [0.15, 0.2) is 0 Å². The molecule has 22 heavy (non-hydrogen) atoms. The Morgan fingerprint density at radius 1 is 1.09 bits per heavy atom. The summed E-state index contributed by atoms with van der Waals surface area (Å²) < 4.78 is 2.02. The summed E-state index contributed by atoms with van der Waals surface area (Å²) in [6, 6.07) is 12.7. The van der Waals surface area contributed by atoms with E-state index in [-0.39, 0.29) is 11.1 Å². The molecule has 1 aromatic carbocycles. The third-order valence-electron chi connectivity index (χ3n) is 4.15. The van der Waals surface area contributed by atoms with Gasteiger partial charge in [0.1, 0.15) is 0 Å². The molecule has 4 nitrogen and oxygen atoms in total. The molecule has 1 aromatic heterocycles. The van der Waals surface area contributed by atoms with Crippen molar-refractivity contribution in [1.82, 2.24) is 20.0 Å². The van der Waals surface area contributed by atoms with Gasteiger partial charge in [-0.25, -0.2) is 0 Å². The summed E-state index contributed by atoms with van der Waals surface area (Å²) in [5, 5.41) is 8.19. The van der Waals surface area contributed by atoms with E-state index in [1.165, 1.54) is 5.56 Å². The molecule has 0 amide bonds. The average Bonchev–Trinajstić information content (AvgIpc) is 2.89. The zero-order valence-electron chi connectivity index (χ0n) is 13.8. The fourth-order valence-corrected chi connectivity index (χ4v) is 3.80. The van der Waals surface area contributed by atoms with Gasteiger partial charge < -0.3 is 5.32 Å². The van der Waals surface area contributed by atoms with Crippen LogP contribution in [0, 0.1) is 0 Å². The third kappa shape index (κ3) is 3.76. The van der Waals surface area contributed by atoms with Crippen LogP contribution in [0.1, 0.15) is 26.3 Å². The van der Waals surface area contributed by atoms with E-state index in [0.29, 0.717) is 0 Å². The fraction of sp³-hybridized carbons (Fsp3) is 0.500. The Hall–Kier alpha value is -1.65. The molecule has 1 aliphatic rings. The van der Waals surface area contributed by atoms with E-state index in [0.717, 1.165) is 26.2 Å². The highest BCUT2D eigenvalue weighted by Gasteiger charge is 2.39. The molecule has 0 radical (unpaired) electrons. The molecule has 0 spiro atoms. The quantitative estimate of drug-likeness (QED) is 0.941. The first-order valence-corrected chi connectivity index (χ1v) is 7.97. The van der Waals surface area contributed by atoms with Crippen LogP contribution in [-0.4, -0.2) is 38.8 Å². The van der Waals surface area contributed by atoms with Crippen LogP contribution in [0.25, 0.3) is 0 Å². The molecular weight excluding hydrogens is 272 g/mol. The predicted molar refractivity (Wildman–Crippen MR) is 89.6 cm³/mol. The number of benzene rings is 1. The Balaban J connectivity index is 1.75. The lowest BCUT2D eigenvalue weighted by Crippen LogP contribution is -2.68. The van der Waals surface area contributed by atoms with E-state index in [9.17, 15) is 0 Å². The number of hydrogen-bond acceptors (Lipinski definition) is 3. The summed E-state index contributed by atoms with van der Waals surface area (Å²) in [6.45, 7) is 10.8. The Bertz CT molecular complexity index is 591. The summed E-state index contributed by atoms with van der Waals surface area (Å²) in [7, 11) is 0. The maximum Gasteiger partial charge on any atom is 0.0601 e. The van der Waals surface area contributed by atoms with Crippen LogP contribution < -0.4 is 5.32 Å². The Morgan fingerprint density at radius 3 is 2.55 bits per heavy atom. The minimum atomic E-state index is 0.0164. The Kier molecular flexibility index (Phi) is 4.06. The van der Waals surface area contributed by atoms with E-state index in [4.69, 9.17) is 0 Å². The van der Waals surface area contributed by atoms with Crippen LogP contribution in [0.3, 0.4) is 0 Å². The third-order valence-corrected chi connectivity index (χ3v) is 4.15. The highest BCUT2D eigenvalue weighted by molar-refractivity contribution is 5.15. The predicted octanol–water partition coefficient (Wildman–Crippen LogP) is 2.53. The lowest BCUT2D eigenvalue weighted by molar-refractivity contribution is 0.0522. The second kappa shape index (κ2) is 5.86. The summed E-state index contributed by atoms with van der Waals surface area (Å²) in [5.74, 6) is 0. The van der Waals surface area contributed by atoms with Gasteiger partial charge in [-0.05, 0) is 32.4 Å². The first kappa shape index (κ1) is 15.3. The molecule has 4 heteroatoms. The van der Waals surface area contributed by atoms with Crippen molar-refractivity contribution < 1.29 is 0 Å². The number of aromatic nitrogens is 2. The van der Waals surface area contributed by atoms with Crippen molar-refractivity contribution in [3.05, 3.63) is 54.4 Å². The van der Waals surface area contributed by atoms with Gasteiger partial charge in [-0.3, -0.25) is 9.58 Å². The molecule has 2 heterocycles. The molecule has 1 saturated heterocycles. The van der Waals surface area contributed by atoms with Gasteiger partial charge in [0.05, 0.1) is 6.54 Å². The molecule has 0 unspecified atom stereocenters. The molecule has 1 fully saturated rings. The van der Waals surface area contributed by atoms with Crippen molar-refractivity contribution in [3.8, 4) is 0 Å². The van der Waals surface area contributed by atoms with Gasteiger partial charge in [-0.15, -0.1) is 0 Å². The fourth-order valence-electron chi connectivity index (χ4n) is 3.80. The summed E-state index contributed by atoms with van der Waals surface area (Å²) in [4.78, 5) is 2.55. The maximum atomic E-state index is 4.37. The topological polar surface area (TPSA) is 33.1 Å². The normalized spacial score (nSPS) is 25.2. The summed E-state index contributed by atoms with van der Waals surface area (Å²) >= 11 is 0. The van der Waals surface area contributed by atoms with Crippen molar-refractivity contribution in [2.45, 2.75) is 44.9 Å². The van der Waals surface area contributed by atoms with E-state index in [2.05, 4.69) is 66.4 Å². The standard InChI is InChI=1S/C18H26N4/c1-17(2)13-21(12-16-8-5-4-6-9-16)14-18(3,20-17)15-22-11-7-10-19-22/h4-11,20H,12-15H2,1-3H3/t18-/m1/s1. The molecule has 118 valence electrons. The van der Waals surface area contributed by atoms with Gasteiger partial charge in [-0.1, -0.05) is 30.3 Å². The van der Waals surface area contributed by atoms with Crippen molar-refractivity contribution in [2.24, 2.45) is 0 Å². The van der Waals surface area contributed by atoms with Gasteiger partial charge in [0.25, 0.3) is 0 Å². The molecule has 2 aromatic rings. The van der Waals surface area contributed by atoms with Gasteiger partial charge in [-0.2, -0.15) is 5.10 Å². The summed E-state index contributed by atoms with van der Waals surface area (Å²) in [5.41, 5.74) is 1.49. The number of nitrogens with zero attached hydrogens (tertiary/aromatic N) is 3. The highest BCUT2D eigenvalue weighted by Crippen LogP contribution is 2.24. The molecule has 1 N–H and O–H groups in total. The van der Waals surface area contributed by atoms with Gasteiger partial charge in [0, 0.05) is 43.1 Å². The van der Waals surface area contributed by atoms with E-state index in [1.54, 1.807) is 0 Å². The molecule has 1 atom stereocenters. The van der Waals surface area contributed by atoms with Crippen molar-refractivity contribution in [3.63, 3.8) is 0 Å². The lowest BCUT2D eigenvalue weighted by atomic mass is 9.89. The average molecular weight is 298 g/mol. The Morgan fingerprint density at radius 2 is 1.86 bits per heavy atom. The zero-order chi connectivity index (χ0) is 15.6. The van der Waals surface area contributed by atoms with Crippen molar-refractivity contribution in [1.29, 1.82) is 0 Å². The molecule has 0 saturated carbocycles. The van der Waals surface area contributed by atoms with E-state index in [1.807, 2.05) is 23.1 Å². The van der Waals surface area contributed by atoms with Gasteiger partial charge in [0.2, 0.25) is 0 Å². The minimum Gasteiger partial charge on any atom is -0.302 e. The van der Waals surface area contributed by atoms with Crippen LogP contribution in [0.5, 0.6) is 0 Å².